The van der Waals surface area contributed by atoms with Gasteiger partial charge in [-0.05, 0) is 39.8 Å². The number of hydrogen-bond acceptors (Lipinski definition) is 5. The summed E-state index contributed by atoms with van der Waals surface area (Å²) in [5, 5.41) is 7.27. The summed E-state index contributed by atoms with van der Waals surface area (Å²) in [7, 11) is 1.96. The predicted molar refractivity (Wildman–Crippen MR) is 88.1 cm³/mol. The maximum absolute atomic E-state index is 12.1. The first-order valence-electron chi connectivity index (χ1n) is 7.52. The van der Waals surface area contributed by atoms with Crippen molar-refractivity contribution in [2.75, 3.05) is 17.3 Å². The number of hydrogen-bond donors (Lipinski definition) is 1. The van der Waals surface area contributed by atoms with E-state index in [4.69, 9.17) is 4.74 Å². The zero-order chi connectivity index (χ0) is 16.8. The van der Waals surface area contributed by atoms with Crippen molar-refractivity contribution in [2.45, 2.75) is 39.8 Å². The highest BCUT2D eigenvalue weighted by Gasteiger charge is 2.26. The Morgan fingerprint density at radius 2 is 2.09 bits per heavy atom. The Labute approximate surface area is 135 Å². The largest absolute Gasteiger partial charge is 0.444 e. The minimum absolute atomic E-state index is 0.472. The van der Waals surface area contributed by atoms with Crippen LogP contribution in [0.15, 0.2) is 18.2 Å². The predicted octanol–water partition coefficient (Wildman–Crippen LogP) is 2.87. The Kier molecular flexibility index (Phi) is 3.50. The van der Waals surface area contributed by atoms with Gasteiger partial charge in [-0.1, -0.05) is 6.07 Å². The lowest BCUT2D eigenvalue weighted by atomic mass is 10.1. The molecule has 0 fully saturated rings. The van der Waals surface area contributed by atoms with Gasteiger partial charge in [-0.2, -0.15) is 5.10 Å². The number of carbonyl (C=O) groups is 1. The molecule has 7 nitrogen and oxygen atoms in total. The molecule has 0 unspecified atom stereocenters. The average Bonchev–Trinajstić information content (AvgIpc) is 2.77. The molecule has 0 spiro atoms. The average molecular weight is 315 g/mol. The molecule has 1 aromatic carbocycles. The van der Waals surface area contributed by atoms with Crippen LogP contribution in [0.5, 0.6) is 0 Å². The van der Waals surface area contributed by atoms with Crippen LogP contribution in [0.1, 0.15) is 32.4 Å². The van der Waals surface area contributed by atoms with Gasteiger partial charge in [0, 0.05) is 7.05 Å². The van der Waals surface area contributed by atoms with Gasteiger partial charge in [0.1, 0.15) is 11.4 Å². The van der Waals surface area contributed by atoms with Crippen molar-refractivity contribution < 1.29 is 9.53 Å². The quantitative estimate of drug-likeness (QED) is 0.876. The van der Waals surface area contributed by atoms with Gasteiger partial charge in [0.25, 0.3) is 0 Å². The number of aryl methyl sites for hydroxylation is 1. The second-order valence-corrected chi connectivity index (χ2v) is 6.64. The van der Waals surface area contributed by atoms with Gasteiger partial charge in [0.05, 0.1) is 23.6 Å². The van der Waals surface area contributed by atoms with E-state index in [0.29, 0.717) is 12.2 Å². The molecule has 0 atom stereocenters. The summed E-state index contributed by atoms with van der Waals surface area (Å²) in [6.07, 6.45) is -0.472. The van der Waals surface area contributed by atoms with Crippen LogP contribution in [0.4, 0.5) is 16.2 Å². The van der Waals surface area contributed by atoms with Crippen molar-refractivity contribution >= 4 is 17.5 Å². The number of anilines is 2. The molecule has 23 heavy (non-hydrogen) atoms. The van der Waals surface area contributed by atoms with E-state index in [2.05, 4.69) is 15.4 Å². The summed E-state index contributed by atoms with van der Waals surface area (Å²) in [6, 6.07) is 5.70. The fraction of sp³-hybridized carbons (Fsp3) is 0.438. The van der Waals surface area contributed by atoms with E-state index in [-0.39, 0.29) is 0 Å². The van der Waals surface area contributed by atoms with Crippen LogP contribution in [0, 0.1) is 6.92 Å². The van der Waals surface area contributed by atoms with Gasteiger partial charge in [-0.3, -0.25) is 5.32 Å². The minimum atomic E-state index is -0.541. The first-order valence-corrected chi connectivity index (χ1v) is 7.52. The summed E-state index contributed by atoms with van der Waals surface area (Å²) in [6.45, 7) is 8.01. The van der Waals surface area contributed by atoms with Crippen molar-refractivity contribution in [3.63, 3.8) is 0 Å². The molecule has 1 amide bonds. The van der Waals surface area contributed by atoms with Crippen LogP contribution >= 0.6 is 0 Å². The molecule has 1 N–H and O–H groups in total. The number of para-hydroxylation sites is 1. The fourth-order valence-corrected chi connectivity index (χ4v) is 2.66. The molecule has 0 aliphatic carbocycles. The number of ether oxygens (including phenoxy) is 1. The monoisotopic (exact) mass is 315 g/mol. The Hall–Kier alpha value is -2.57. The number of nitrogens with zero attached hydrogens (tertiary/aromatic N) is 4. The van der Waals surface area contributed by atoms with E-state index in [1.54, 1.807) is 0 Å². The topological polar surface area (TPSA) is 72.3 Å². The van der Waals surface area contributed by atoms with Crippen LogP contribution in [-0.4, -0.2) is 33.5 Å². The van der Waals surface area contributed by atoms with Crippen molar-refractivity contribution in [3.8, 4) is 5.69 Å². The van der Waals surface area contributed by atoms with Crippen LogP contribution in [-0.2, 0) is 11.3 Å². The molecule has 2 heterocycles. The number of benzene rings is 1. The molecule has 0 radical (unpaired) electrons. The SMILES string of the molecule is Cc1nc2n(n1)-c1cccc(NC(=O)OC(C)(C)C)c1N(C)C2. The van der Waals surface area contributed by atoms with Gasteiger partial charge in [-0.15, -0.1) is 0 Å². The molecule has 1 aliphatic rings. The molecule has 1 aromatic heterocycles. The molecule has 0 saturated carbocycles. The molecule has 122 valence electrons. The Bertz CT molecular complexity index is 760. The second kappa shape index (κ2) is 5.26. The lowest BCUT2D eigenvalue weighted by Gasteiger charge is -2.29. The first kappa shape index (κ1) is 15.3. The third-order valence-corrected chi connectivity index (χ3v) is 3.42. The lowest BCUT2D eigenvalue weighted by Crippen LogP contribution is -2.30. The molecular formula is C16H21N5O2. The molecule has 7 heteroatoms. The van der Waals surface area contributed by atoms with Crippen LogP contribution in [0.25, 0.3) is 5.69 Å². The number of rotatable bonds is 1. The van der Waals surface area contributed by atoms with Gasteiger partial charge in [0.2, 0.25) is 0 Å². The normalized spacial score (nSPS) is 13.3. The summed E-state index contributed by atoms with van der Waals surface area (Å²) in [4.78, 5) is 18.6. The maximum atomic E-state index is 12.1. The van der Waals surface area contributed by atoms with Gasteiger partial charge < -0.3 is 9.64 Å². The van der Waals surface area contributed by atoms with Crippen LogP contribution in [0.3, 0.4) is 0 Å². The minimum Gasteiger partial charge on any atom is -0.444 e. The Morgan fingerprint density at radius 1 is 1.35 bits per heavy atom. The lowest BCUT2D eigenvalue weighted by molar-refractivity contribution is 0.0636. The summed E-state index contributed by atoms with van der Waals surface area (Å²) in [5.74, 6) is 1.61. The van der Waals surface area contributed by atoms with Gasteiger partial charge in [-0.25, -0.2) is 14.5 Å². The number of aromatic nitrogens is 3. The standard InChI is InChI=1S/C16H21N5O2/c1-10-17-13-9-20(5)14-11(18-15(22)23-16(2,3)4)7-6-8-12(14)21(13)19-10/h6-8H,9H2,1-5H3,(H,18,22). The van der Waals surface area contributed by atoms with Crippen molar-refractivity contribution in [3.05, 3.63) is 29.8 Å². The zero-order valence-electron chi connectivity index (χ0n) is 14.0. The van der Waals surface area contributed by atoms with Crippen LogP contribution < -0.4 is 10.2 Å². The molecule has 0 saturated heterocycles. The molecule has 2 aromatic rings. The number of nitrogens with one attached hydrogen (secondary N) is 1. The van der Waals surface area contributed by atoms with E-state index in [9.17, 15) is 4.79 Å². The van der Waals surface area contributed by atoms with Crippen molar-refractivity contribution in [2.24, 2.45) is 0 Å². The highest BCUT2D eigenvalue weighted by molar-refractivity contribution is 5.92. The fourth-order valence-electron chi connectivity index (χ4n) is 2.66. The molecule has 0 bridgehead atoms. The zero-order valence-corrected chi connectivity index (χ0v) is 14.0. The first-order chi connectivity index (χ1) is 10.7. The van der Waals surface area contributed by atoms with Gasteiger partial charge in [0.15, 0.2) is 5.82 Å². The highest BCUT2D eigenvalue weighted by atomic mass is 16.6. The number of carbonyl (C=O) groups excluding carboxylic acids is 1. The molecular weight excluding hydrogens is 294 g/mol. The second-order valence-electron chi connectivity index (χ2n) is 6.64. The van der Waals surface area contributed by atoms with E-state index >= 15 is 0 Å². The molecule has 1 aliphatic heterocycles. The maximum Gasteiger partial charge on any atom is 0.412 e. The van der Waals surface area contributed by atoms with Crippen molar-refractivity contribution in [1.82, 2.24) is 14.8 Å². The van der Waals surface area contributed by atoms with Crippen molar-refractivity contribution in [1.29, 1.82) is 0 Å². The Morgan fingerprint density at radius 3 is 2.78 bits per heavy atom. The third-order valence-electron chi connectivity index (χ3n) is 3.42. The van der Waals surface area contributed by atoms with E-state index in [0.717, 1.165) is 23.0 Å². The smallest absolute Gasteiger partial charge is 0.412 e. The summed E-state index contributed by atoms with van der Waals surface area (Å²) < 4.78 is 7.16. The van der Waals surface area contributed by atoms with E-state index < -0.39 is 11.7 Å². The summed E-state index contributed by atoms with van der Waals surface area (Å²) >= 11 is 0. The van der Waals surface area contributed by atoms with E-state index in [1.165, 1.54) is 0 Å². The number of amides is 1. The Balaban J connectivity index is 1.98. The van der Waals surface area contributed by atoms with Gasteiger partial charge >= 0.3 is 6.09 Å². The molecule has 3 rings (SSSR count). The highest BCUT2D eigenvalue weighted by Crippen LogP contribution is 2.36. The summed E-state index contributed by atoms with van der Waals surface area (Å²) in [5.41, 5.74) is 1.94. The number of fused-ring (bicyclic) bond motifs is 3. The third kappa shape index (κ3) is 2.99. The van der Waals surface area contributed by atoms with E-state index in [1.807, 2.05) is 62.5 Å². The van der Waals surface area contributed by atoms with Crippen LogP contribution in [0.2, 0.25) is 0 Å².